The van der Waals surface area contributed by atoms with E-state index in [4.69, 9.17) is 32.7 Å². The molecule has 0 spiro atoms. The first kappa shape index (κ1) is 21.2. The summed E-state index contributed by atoms with van der Waals surface area (Å²) in [4.78, 5) is 24.9. The van der Waals surface area contributed by atoms with Crippen LogP contribution in [0, 0.1) is 0 Å². The highest BCUT2D eigenvalue weighted by molar-refractivity contribution is 7.15. The number of esters is 1. The molecule has 0 unspecified atom stereocenters. The van der Waals surface area contributed by atoms with Gasteiger partial charge in [0.15, 0.2) is 6.61 Å². The Labute approximate surface area is 182 Å². The van der Waals surface area contributed by atoms with Crippen LogP contribution in [-0.2, 0) is 9.53 Å². The third kappa shape index (κ3) is 5.50. The number of thiophene rings is 1. The Bertz CT molecular complexity index is 1020. The number of hydrogen-bond donors (Lipinski definition) is 1. The average molecular weight is 450 g/mol. The minimum absolute atomic E-state index is 0.222. The maximum atomic E-state index is 12.5. The molecule has 5 nitrogen and oxygen atoms in total. The van der Waals surface area contributed by atoms with Crippen LogP contribution in [0.15, 0.2) is 53.9 Å². The van der Waals surface area contributed by atoms with Gasteiger partial charge in [0.2, 0.25) is 0 Å². The van der Waals surface area contributed by atoms with E-state index < -0.39 is 11.9 Å². The second-order valence-corrected chi connectivity index (χ2v) is 7.63. The molecule has 1 heterocycles. The van der Waals surface area contributed by atoms with E-state index in [1.807, 2.05) is 0 Å². The van der Waals surface area contributed by atoms with Gasteiger partial charge in [-0.1, -0.05) is 41.4 Å². The number of nitrogens with one attached hydrogen (secondary N) is 1. The lowest BCUT2D eigenvalue weighted by molar-refractivity contribution is -0.118. The Morgan fingerprint density at radius 2 is 1.83 bits per heavy atom. The summed E-state index contributed by atoms with van der Waals surface area (Å²) in [5.74, 6) is -0.434. The van der Waals surface area contributed by atoms with E-state index >= 15 is 0 Å². The van der Waals surface area contributed by atoms with Gasteiger partial charge in [-0.3, -0.25) is 4.79 Å². The number of hydrogen-bond acceptors (Lipinski definition) is 5. The average Bonchev–Trinajstić information content (AvgIpc) is 3.11. The molecule has 3 rings (SSSR count). The van der Waals surface area contributed by atoms with E-state index in [0.29, 0.717) is 31.9 Å². The third-order valence-electron chi connectivity index (χ3n) is 3.84. The molecule has 2 aromatic carbocycles. The molecule has 0 radical (unpaired) electrons. The standard InChI is InChI=1S/C21H17Cl2NO4S/c1-2-27-21(26)19-17(13-6-8-14(22)9-7-13)12-29-20(19)24-18(25)11-28-16-5-3-4-15(23)10-16/h3-10,12H,2,11H2,1H3,(H,24,25). The summed E-state index contributed by atoms with van der Waals surface area (Å²) in [6.45, 7) is 1.72. The molecule has 0 saturated carbocycles. The molecule has 1 amide bonds. The van der Waals surface area contributed by atoms with Gasteiger partial charge < -0.3 is 14.8 Å². The normalized spacial score (nSPS) is 10.4. The van der Waals surface area contributed by atoms with E-state index in [9.17, 15) is 9.59 Å². The molecule has 3 aromatic rings. The molecule has 1 N–H and O–H groups in total. The summed E-state index contributed by atoms with van der Waals surface area (Å²) in [6, 6.07) is 13.8. The van der Waals surface area contributed by atoms with Crippen molar-refractivity contribution in [2.75, 3.05) is 18.5 Å². The van der Waals surface area contributed by atoms with Crippen molar-refractivity contribution in [3.63, 3.8) is 0 Å². The van der Waals surface area contributed by atoms with Crippen LogP contribution >= 0.6 is 34.5 Å². The van der Waals surface area contributed by atoms with E-state index in [-0.39, 0.29) is 13.2 Å². The number of halogens is 2. The molecule has 0 fully saturated rings. The SMILES string of the molecule is CCOC(=O)c1c(-c2ccc(Cl)cc2)csc1NC(=O)COc1cccc(Cl)c1. The van der Waals surface area contributed by atoms with Gasteiger partial charge in [0.05, 0.1) is 6.61 Å². The fraction of sp³-hybridized carbons (Fsp3) is 0.143. The summed E-state index contributed by atoms with van der Waals surface area (Å²) in [5, 5.41) is 6.03. The number of ether oxygens (including phenoxy) is 2. The minimum atomic E-state index is -0.509. The predicted molar refractivity (Wildman–Crippen MR) is 116 cm³/mol. The molecule has 0 atom stereocenters. The van der Waals surface area contributed by atoms with Crippen molar-refractivity contribution in [1.82, 2.24) is 0 Å². The number of amides is 1. The molecule has 0 bridgehead atoms. The summed E-state index contributed by atoms with van der Waals surface area (Å²) in [5.41, 5.74) is 1.76. The smallest absolute Gasteiger partial charge is 0.341 e. The van der Waals surface area contributed by atoms with Gasteiger partial charge >= 0.3 is 5.97 Å². The molecular formula is C21H17Cl2NO4S. The number of benzene rings is 2. The highest BCUT2D eigenvalue weighted by atomic mass is 35.5. The molecule has 0 saturated heterocycles. The third-order valence-corrected chi connectivity index (χ3v) is 5.23. The first-order chi connectivity index (χ1) is 14.0. The Balaban J connectivity index is 1.79. The Kier molecular flexibility index (Phi) is 7.14. The van der Waals surface area contributed by atoms with Crippen molar-refractivity contribution in [3.05, 3.63) is 69.5 Å². The van der Waals surface area contributed by atoms with E-state index in [1.165, 1.54) is 11.3 Å². The van der Waals surface area contributed by atoms with Gasteiger partial charge in [-0.15, -0.1) is 11.3 Å². The zero-order valence-corrected chi connectivity index (χ0v) is 17.7. The molecule has 29 heavy (non-hydrogen) atoms. The van der Waals surface area contributed by atoms with Crippen LogP contribution in [0.3, 0.4) is 0 Å². The Morgan fingerprint density at radius 1 is 1.07 bits per heavy atom. The molecule has 150 valence electrons. The van der Waals surface area contributed by atoms with E-state index in [1.54, 1.807) is 60.8 Å². The largest absolute Gasteiger partial charge is 0.484 e. The maximum Gasteiger partial charge on any atom is 0.341 e. The topological polar surface area (TPSA) is 64.6 Å². The van der Waals surface area contributed by atoms with Crippen molar-refractivity contribution < 1.29 is 19.1 Å². The van der Waals surface area contributed by atoms with Gasteiger partial charge in [0.1, 0.15) is 16.3 Å². The van der Waals surface area contributed by atoms with E-state index in [0.717, 1.165) is 5.56 Å². The van der Waals surface area contributed by atoms with Crippen molar-refractivity contribution in [1.29, 1.82) is 0 Å². The highest BCUT2D eigenvalue weighted by Crippen LogP contribution is 2.36. The Hall–Kier alpha value is -2.54. The van der Waals surface area contributed by atoms with Crippen LogP contribution < -0.4 is 10.1 Å². The lowest BCUT2D eigenvalue weighted by Gasteiger charge is -2.10. The van der Waals surface area contributed by atoms with Crippen LogP contribution in [0.4, 0.5) is 5.00 Å². The molecule has 0 aliphatic carbocycles. The monoisotopic (exact) mass is 449 g/mol. The number of anilines is 1. The summed E-state index contributed by atoms with van der Waals surface area (Å²) < 4.78 is 10.6. The summed E-state index contributed by atoms with van der Waals surface area (Å²) >= 11 is 13.1. The summed E-state index contributed by atoms with van der Waals surface area (Å²) in [7, 11) is 0. The lowest BCUT2D eigenvalue weighted by Crippen LogP contribution is -2.21. The number of rotatable bonds is 7. The van der Waals surface area contributed by atoms with Gasteiger partial charge in [0.25, 0.3) is 5.91 Å². The zero-order chi connectivity index (χ0) is 20.8. The van der Waals surface area contributed by atoms with Crippen molar-refractivity contribution in [2.45, 2.75) is 6.92 Å². The fourth-order valence-corrected chi connectivity index (χ4v) is 3.85. The fourth-order valence-electron chi connectivity index (χ4n) is 2.57. The van der Waals surface area contributed by atoms with Gasteiger partial charge in [-0.05, 0) is 42.8 Å². The van der Waals surface area contributed by atoms with E-state index in [2.05, 4.69) is 5.32 Å². The Morgan fingerprint density at radius 3 is 2.52 bits per heavy atom. The second kappa shape index (κ2) is 9.78. The van der Waals surface area contributed by atoms with Crippen LogP contribution in [0.1, 0.15) is 17.3 Å². The highest BCUT2D eigenvalue weighted by Gasteiger charge is 2.23. The van der Waals surface area contributed by atoms with Gasteiger partial charge in [-0.25, -0.2) is 4.79 Å². The number of carbonyl (C=O) groups excluding carboxylic acids is 2. The van der Waals surface area contributed by atoms with Gasteiger partial charge in [-0.2, -0.15) is 0 Å². The lowest BCUT2D eigenvalue weighted by atomic mass is 10.0. The van der Waals surface area contributed by atoms with Crippen molar-refractivity contribution in [3.8, 4) is 16.9 Å². The van der Waals surface area contributed by atoms with Crippen LogP contribution in [0.5, 0.6) is 5.75 Å². The van der Waals surface area contributed by atoms with Crippen LogP contribution in [-0.4, -0.2) is 25.1 Å². The molecule has 8 heteroatoms. The summed E-state index contributed by atoms with van der Waals surface area (Å²) in [6.07, 6.45) is 0. The quantitative estimate of drug-likeness (QED) is 0.454. The first-order valence-electron chi connectivity index (χ1n) is 8.70. The number of carbonyl (C=O) groups is 2. The van der Waals surface area contributed by atoms with Crippen LogP contribution in [0.25, 0.3) is 11.1 Å². The zero-order valence-electron chi connectivity index (χ0n) is 15.4. The maximum absolute atomic E-state index is 12.5. The van der Waals surface area contributed by atoms with Gasteiger partial charge in [0, 0.05) is 21.0 Å². The van der Waals surface area contributed by atoms with Crippen LogP contribution in [0.2, 0.25) is 10.0 Å². The van der Waals surface area contributed by atoms with Crippen molar-refractivity contribution in [2.24, 2.45) is 0 Å². The first-order valence-corrected chi connectivity index (χ1v) is 10.3. The molecular weight excluding hydrogens is 433 g/mol. The minimum Gasteiger partial charge on any atom is -0.484 e. The molecule has 0 aliphatic rings. The second-order valence-electron chi connectivity index (χ2n) is 5.88. The van der Waals surface area contributed by atoms with Crippen molar-refractivity contribution >= 4 is 51.4 Å². The molecule has 0 aliphatic heterocycles. The molecule has 1 aromatic heterocycles. The predicted octanol–water partition coefficient (Wildman–Crippen LogP) is 5.92.